The van der Waals surface area contributed by atoms with Gasteiger partial charge in [0.15, 0.2) is 0 Å². The van der Waals surface area contributed by atoms with Gasteiger partial charge in [-0.3, -0.25) is 0 Å². The van der Waals surface area contributed by atoms with Gasteiger partial charge in [-0.1, -0.05) is 41.5 Å². The van der Waals surface area contributed by atoms with Gasteiger partial charge in [-0.05, 0) is 62.2 Å². The Bertz CT molecular complexity index is 553. The second-order valence-electron chi connectivity index (χ2n) is 11.9. The van der Waals surface area contributed by atoms with Crippen molar-refractivity contribution in [3.05, 3.63) is 0 Å². The van der Waals surface area contributed by atoms with Gasteiger partial charge < -0.3 is 9.84 Å². The van der Waals surface area contributed by atoms with Crippen LogP contribution in [0.3, 0.4) is 0 Å². The van der Waals surface area contributed by atoms with Crippen molar-refractivity contribution >= 4 is 26.4 Å². The molecular weight excluding hydrogens is 358 g/mol. The molecule has 0 aromatic heterocycles. The van der Waals surface area contributed by atoms with Crippen LogP contribution in [0.4, 0.5) is 0 Å². The maximum Gasteiger partial charge on any atom is 0.0855 e. The summed E-state index contributed by atoms with van der Waals surface area (Å²) in [5, 5.41) is 10.8. The Morgan fingerprint density at radius 2 is 1.38 bits per heavy atom. The lowest BCUT2D eigenvalue weighted by molar-refractivity contribution is 0.0212. The van der Waals surface area contributed by atoms with Crippen LogP contribution in [-0.2, 0) is 4.74 Å². The molecule has 1 N–H and O–H groups in total. The highest BCUT2D eigenvalue weighted by molar-refractivity contribution is 7.73. The van der Waals surface area contributed by atoms with E-state index in [2.05, 4.69) is 67.5 Å². The molecule has 6 atom stereocenters. The van der Waals surface area contributed by atoms with E-state index in [-0.39, 0.29) is 24.2 Å². The predicted molar refractivity (Wildman–Crippen MR) is 127 cm³/mol. The van der Waals surface area contributed by atoms with Crippen LogP contribution in [0.1, 0.15) is 54.9 Å². The Hall–Kier alpha value is 0.520. The normalized spacial score (nSPS) is 32.2. The van der Waals surface area contributed by atoms with E-state index in [1.54, 1.807) is 0 Å². The molecule has 1 aliphatic heterocycles. The minimum Gasteiger partial charge on any atom is -0.390 e. The SMILES string of the molecule is C=P(C)(CCC1OC(C)C(O)C1CP(=C)(C)CC(C)(C)C)CC(C)(C)C. The molecular formula is C22H46O2P2. The fourth-order valence-corrected chi connectivity index (χ4v) is 12.1. The molecule has 1 saturated heterocycles. The van der Waals surface area contributed by atoms with Crippen LogP contribution in [0.5, 0.6) is 0 Å². The van der Waals surface area contributed by atoms with E-state index >= 15 is 0 Å². The lowest BCUT2D eigenvalue weighted by Gasteiger charge is -2.34. The zero-order valence-electron chi connectivity index (χ0n) is 19.0. The molecule has 1 heterocycles. The van der Waals surface area contributed by atoms with E-state index in [0.29, 0.717) is 10.8 Å². The van der Waals surface area contributed by atoms with Crippen molar-refractivity contribution in [2.24, 2.45) is 16.7 Å². The van der Waals surface area contributed by atoms with Gasteiger partial charge >= 0.3 is 0 Å². The van der Waals surface area contributed by atoms with E-state index in [1.807, 2.05) is 6.92 Å². The van der Waals surface area contributed by atoms with Gasteiger partial charge in [-0.25, -0.2) is 0 Å². The summed E-state index contributed by atoms with van der Waals surface area (Å²) in [5.74, 6) is 0.234. The number of aliphatic hydroxyl groups excluding tert-OH is 1. The predicted octanol–water partition coefficient (Wildman–Crippen LogP) is 5.39. The average molecular weight is 405 g/mol. The Morgan fingerprint density at radius 3 is 1.85 bits per heavy atom. The molecule has 0 aliphatic carbocycles. The lowest BCUT2D eigenvalue weighted by atomic mass is 9.97. The first-order valence-electron chi connectivity index (χ1n) is 10.1. The van der Waals surface area contributed by atoms with E-state index in [1.165, 1.54) is 6.16 Å². The highest BCUT2D eigenvalue weighted by atomic mass is 31.2. The monoisotopic (exact) mass is 404 g/mol. The van der Waals surface area contributed by atoms with E-state index in [0.717, 1.165) is 24.9 Å². The van der Waals surface area contributed by atoms with Crippen LogP contribution in [0.15, 0.2) is 0 Å². The molecule has 0 saturated carbocycles. The number of hydrogen-bond acceptors (Lipinski definition) is 2. The second kappa shape index (κ2) is 8.49. The van der Waals surface area contributed by atoms with Crippen LogP contribution in [0.2, 0.25) is 0 Å². The molecule has 26 heavy (non-hydrogen) atoms. The third-order valence-electron chi connectivity index (χ3n) is 5.10. The first-order valence-corrected chi connectivity index (χ1v) is 15.7. The van der Waals surface area contributed by atoms with Gasteiger partial charge in [0.2, 0.25) is 0 Å². The van der Waals surface area contributed by atoms with Crippen LogP contribution in [0.25, 0.3) is 0 Å². The number of rotatable bonds is 7. The molecule has 1 fully saturated rings. The molecule has 0 spiro atoms. The quantitative estimate of drug-likeness (QED) is 0.576. The van der Waals surface area contributed by atoms with Crippen molar-refractivity contribution in [3.8, 4) is 0 Å². The maximum absolute atomic E-state index is 10.8. The zero-order valence-corrected chi connectivity index (χ0v) is 20.8. The maximum atomic E-state index is 10.8. The van der Waals surface area contributed by atoms with Crippen molar-refractivity contribution in [3.63, 3.8) is 0 Å². The average Bonchev–Trinajstić information content (AvgIpc) is 2.58. The fourth-order valence-electron chi connectivity index (χ4n) is 4.91. The Balaban J connectivity index is 2.80. The van der Waals surface area contributed by atoms with Crippen LogP contribution < -0.4 is 0 Å². The molecule has 4 heteroatoms. The van der Waals surface area contributed by atoms with Crippen LogP contribution >= 0.6 is 13.8 Å². The number of aliphatic hydroxyl groups is 1. The smallest absolute Gasteiger partial charge is 0.0855 e. The fraction of sp³-hybridized carbons (Fsp3) is 0.909. The highest BCUT2D eigenvalue weighted by Crippen LogP contribution is 2.52. The molecule has 0 amide bonds. The molecule has 6 unspecified atom stereocenters. The van der Waals surface area contributed by atoms with Gasteiger partial charge in [0.25, 0.3) is 0 Å². The van der Waals surface area contributed by atoms with E-state index in [4.69, 9.17) is 4.74 Å². The largest absolute Gasteiger partial charge is 0.390 e. The molecule has 156 valence electrons. The topological polar surface area (TPSA) is 29.5 Å². The summed E-state index contributed by atoms with van der Waals surface area (Å²) in [7, 11) is 0. The standard InChI is InChI=1S/C22H46O2P2/c1-17-20(23)18(14-26(10,11)16-22(5,6)7)19(24-17)12-13-25(8,9)15-21(2,3)4/h17-20,23H,8,10,12-16H2,1-7,9,11H3. The minimum atomic E-state index is -1.31. The molecule has 0 radical (unpaired) electrons. The molecule has 0 aromatic carbocycles. The van der Waals surface area contributed by atoms with Crippen LogP contribution in [-0.4, -0.2) is 74.0 Å². The van der Waals surface area contributed by atoms with E-state index < -0.39 is 13.8 Å². The number of hydrogen-bond donors (Lipinski definition) is 1. The molecule has 0 aromatic rings. The van der Waals surface area contributed by atoms with Crippen LogP contribution in [0, 0.1) is 16.7 Å². The van der Waals surface area contributed by atoms with Crippen molar-refractivity contribution in [1.29, 1.82) is 0 Å². The zero-order chi connectivity index (χ0) is 20.6. The summed E-state index contributed by atoms with van der Waals surface area (Å²) in [4.78, 5) is 0. The first-order chi connectivity index (χ1) is 11.4. The van der Waals surface area contributed by atoms with Crippen molar-refractivity contribution in [2.45, 2.75) is 73.2 Å². The van der Waals surface area contributed by atoms with Gasteiger partial charge in [-0.15, -0.1) is 26.4 Å². The van der Waals surface area contributed by atoms with Gasteiger partial charge in [0, 0.05) is 5.92 Å². The Kier molecular flexibility index (Phi) is 8.02. The molecule has 2 nitrogen and oxygen atoms in total. The van der Waals surface area contributed by atoms with Gasteiger partial charge in [-0.2, -0.15) is 0 Å². The highest BCUT2D eigenvalue weighted by Gasteiger charge is 2.42. The first kappa shape index (κ1) is 24.6. The summed E-state index contributed by atoms with van der Waals surface area (Å²) >= 11 is 0. The van der Waals surface area contributed by atoms with Crippen molar-refractivity contribution in [1.82, 2.24) is 0 Å². The van der Waals surface area contributed by atoms with Gasteiger partial charge in [0.05, 0.1) is 18.3 Å². The van der Waals surface area contributed by atoms with E-state index in [9.17, 15) is 5.11 Å². The van der Waals surface area contributed by atoms with Crippen molar-refractivity contribution in [2.75, 3.05) is 38.0 Å². The summed E-state index contributed by atoms with van der Waals surface area (Å²) in [6.45, 7) is 18.1. The second-order valence-corrected chi connectivity index (χ2v) is 19.8. The minimum absolute atomic E-state index is 0.0587. The third-order valence-corrected chi connectivity index (χ3v) is 11.2. The van der Waals surface area contributed by atoms with Gasteiger partial charge in [0.1, 0.15) is 0 Å². The third kappa shape index (κ3) is 8.68. The molecule has 1 rings (SSSR count). The Morgan fingerprint density at radius 1 is 0.923 bits per heavy atom. The summed E-state index contributed by atoms with van der Waals surface area (Å²) in [5.41, 5.74) is 0.622. The summed E-state index contributed by atoms with van der Waals surface area (Å²) in [6.07, 6.45) is 14.5. The van der Waals surface area contributed by atoms with Crippen molar-refractivity contribution < 1.29 is 9.84 Å². The number of ether oxygens (including phenoxy) is 1. The Labute approximate surface area is 164 Å². The molecule has 1 aliphatic rings. The summed E-state index contributed by atoms with van der Waals surface area (Å²) in [6, 6.07) is 0. The summed E-state index contributed by atoms with van der Waals surface area (Å²) < 4.78 is 6.22. The lowest BCUT2D eigenvalue weighted by Crippen LogP contribution is -2.31. The molecule has 0 bridgehead atoms.